The number of carbonyl (C=O) groups excluding carboxylic acids is 2. The Labute approximate surface area is 234 Å². The maximum atomic E-state index is 13.2. The zero-order chi connectivity index (χ0) is 27.5. The van der Waals surface area contributed by atoms with Crippen LogP contribution in [0.2, 0.25) is 0 Å². The van der Waals surface area contributed by atoms with Crippen molar-refractivity contribution < 1.29 is 18.8 Å². The number of para-hydroxylation sites is 1. The van der Waals surface area contributed by atoms with Gasteiger partial charge in [-0.2, -0.15) is 0 Å². The molecule has 1 spiro atoms. The van der Waals surface area contributed by atoms with Gasteiger partial charge < -0.3 is 24.4 Å². The number of hydrogen-bond acceptors (Lipinski definition) is 8. The standard InChI is InChI=1S/C30H36N6O4/c1-21-31-13-9-27(33-21)35-15-4-10-30(20-39-25-6-3-2-5-23(25)28(37)32-14-18-35)11-16-36(17-12-30)29(38)24-19-26(40-34-24)22-7-8-22/h2-3,5-6,9,13,19,22H,4,7-8,10-12,14-18,20H2,1H3,(H,32,37). The summed E-state index contributed by atoms with van der Waals surface area (Å²) in [6.45, 7) is 5.56. The third-order valence-electron chi connectivity index (χ3n) is 8.39. The fourth-order valence-electron chi connectivity index (χ4n) is 5.78. The van der Waals surface area contributed by atoms with Crippen molar-refractivity contribution in [1.82, 2.24) is 25.3 Å². The summed E-state index contributed by atoms with van der Waals surface area (Å²) in [5, 5.41) is 7.11. The van der Waals surface area contributed by atoms with Crippen LogP contribution in [0.3, 0.4) is 0 Å². The molecule has 4 heterocycles. The van der Waals surface area contributed by atoms with Crippen molar-refractivity contribution in [2.24, 2.45) is 5.41 Å². The van der Waals surface area contributed by atoms with E-state index in [9.17, 15) is 9.59 Å². The van der Waals surface area contributed by atoms with Crippen LogP contribution in [0.4, 0.5) is 5.82 Å². The fraction of sp³-hybridized carbons (Fsp3) is 0.500. The van der Waals surface area contributed by atoms with E-state index in [4.69, 9.17) is 9.26 Å². The molecular weight excluding hydrogens is 508 g/mol. The molecule has 40 heavy (non-hydrogen) atoms. The molecule has 2 fully saturated rings. The number of rotatable bonds is 3. The molecule has 2 aliphatic heterocycles. The summed E-state index contributed by atoms with van der Waals surface area (Å²) >= 11 is 0. The summed E-state index contributed by atoms with van der Waals surface area (Å²) in [6, 6.07) is 11.2. The molecule has 3 aliphatic rings. The van der Waals surface area contributed by atoms with Crippen molar-refractivity contribution in [3.63, 3.8) is 0 Å². The van der Waals surface area contributed by atoms with Crippen LogP contribution in [-0.4, -0.2) is 71.2 Å². The molecule has 0 unspecified atom stereocenters. The van der Waals surface area contributed by atoms with Crippen molar-refractivity contribution in [2.75, 3.05) is 44.2 Å². The summed E-state index contributed by atoms with van der Waals surface area (Å²) in [6.07, 6.45) is 7.49. The monoisotopic (exact) mass is 544 g/mol. The lowest BCUT2D eigenvalue weighted by molar-refractivity contribution is 0.0359. The second-order valence-electron chi connectivity index (χ2n) is 11.3. The number of aryl methyl sites for hydroxylation is 1. The van der Waals surface area contributed by atoms with Crippen LogP contribution in [0.15, 0.2) is 47.1 Å². The topological polar surface area (TPSA) is 114 Å². The van der Waals surface area contributed by atoms with Crippen molar-refractivity contribution in [3.8, 4) is 5.75 Å². The number of benzene rings is 1. The Morgan fingerprint density at radius 2 is 1.90 bits per heavy atom. The van der Waals surface area contributed by atoms with Crippen LogP contribution in [0.1, 0.15) is 76.9 Å². The van der Waals surface area contributed by atoms with E-state index in [1.165, 1.54) is 0 Å². The third-order valence-corrected chi connectivity index (χ3v) is 8.39. The number of hydrogen-bond donors (Lipinski definition) is 1. The predicted molar refractivity (Wildman–Crippen MR) is 149 cm³/mol. The van der Waals surface area contributed by atoms with Gasteiger partial charge in [0.1, 0.15) is 23.2 Å². The Kier molecular flexibility index (Phi) is 7.40. The first-order chi connectivity index (χ1) is 19.5. The largest absolute Gasteiger partial charge is 0.492 e. The lowest BCUT2D eigenvalue weighted by Crippen LogP contribution is -2.46. The van der Waals surface area contributed by atoms with Gasteiger partial charge in [-0.3, -0.25) is 9.59 Å². The molecule has 3 aromatic rings. The van der Waals surface area contributed by atoms with Gasteiger partial charge in [0.25, 0.3) is 11.8 Å². The van der Waals surface area contributed by atoms with Gasteiger partial charge in [-0.05, 0) is 63.6 Å². The second kappa shape index (κ2) is 11.3. The normalized spacial score (nSPS) is 20.0. The smallest absolute Gasteiger partial charge is 0.276 e. The number of anilines is 1. The zero-order valence-corrected chi connectivity index (χ0v) is 23.0. The van der Waals surface area contributed by atoms with Gasteiger partial charge in [-0.25, -0.2) is 9.97 Å². The summed E-state index contributed by atoms with van der Waals surface area (Å²) in [7, 11) is 0. The van der Waals surface area contributed by atoms with Crippen LogP contribution in [-0.2, 0) is 0 Å². The van der Waals surface area contributed by atoms with Gasteiger partial charge in [-0.15, -0.1) is 0 Å². The van der Waals surface area contributed by atoms with Crippen LogP contribution >= 0.6 is 0 Å². The lowest BCUT2D eigenvalue weighted by atomic mass is 9.75. The highest BCUT2D eigenvalue weighted by Crippen LogP contribution is 2.41. The number of ether oxygens (including phenoxy) is 1. The van der Waals surface area contributed by atoms with Crippen LogP contribution in [0.5, 0.6) is 5.75 Å². The molecule has 10 nitrogen and oxygen atoms in total. The molecule has 2 aromatic heterocycles. The third kappa shape index (κ3) is 5.80. The number of nitrogens with one attached hydrogen (secondary N) is 1. The summed E-state index contributed by atoms with van der Waals surface area (Å²) in [5.74, 6) is 3.21. The zero-order valence-electron chi connectivity index (χ0n) is 23.0. The number of fused-ring (bicyclic) bond motifs is 1. The highest BCUT2D eigenvalue weighted by Gasteiger charge is 2.38. The van der Waals surface area contributed by atoms with E-state index >= 15 is 0 Å². The average Bonchev–Trinajstić information content (AvgIpc) is 3.71. The van der Waals surface area contributed by atoms with E-state index in [0.29, 0.717) is 55.7 Å². The Morgan fingerprint density at radius 1 is 1.07 bits per heavy atom. The molecule has 1 aromatic carbocycles. The fourth-order valence-corrected chi connectivity index (χ4v) is 5.78. The molecule has 2 amide bonds. The van der Waals surface area contributed by atoms with Gasteiger partial charge in [0.15, 0.2) is 5.69 Å². The van der Waals surface area contributed by atoms with E-state index in [2.05, 4.69) is 25.3 Å². The van der Waals surface area contributed by atoms with Gasteiger partial charge in [0, 0.05) is 56.3 Å². The number of nitrogens with zero attached hydrogens (tertiary/aromatic N) is 5. The summed E-state index contributed by atoms with van der Waals surface area (Å²) in [4.78, 5) is 39.3. The van der Waals surface area contributed by atoms with Gasteiger partial charge in [0.05, 0.1) is 12.2 Å². The maximum absolute atomic E-state index is 13.2. The number of likely N-dealkylation sites (tertiary alicyclic amines) is 1. The van der Waals surface area contributed by atoms with E-state index < -0.39 is 0 Å². The van der Waals surface area contributed by atoms with Crippen molar-refractivity contribution >= 4 is 17.6 Å². The van der Waals surface area contributed by atoms with Crippen LogP contribution in [0, 0.1) is 12.3 Å². The number of amides is 2. The van der Waals surface area contributed by atoms with Crippen molar-refractivity contribution in [2.45, 2.75) is 51.4 Å². The molecular formula is C30H36N6O4. The Balaban J connectivity index is 1.20. The Morgan fingerprint density at radius 3 is 2.70 bits per heavy atom. The molecule has 210 valence electrons. The van der Waals surface area contributed by atoms with Crippen molar-refractivity contribution in [3.05, 3.63) is 65.4 Å². The molecule has 1 saturated carbocycles. The number of aromatic nitrogens is 3. The molecule has 1 N–H and O–H groups in total. The van der Waals surface area contributed by atoms with E-state index in [1.807, 2.05) is 42.2 Å². The predicted octanol–water partition coefficient (Wildman–Crippen LogP) is 3.98. The molecule has 1 aliphatic carbocycles. The molecule has 6 rings (SSSR count). The lowest BCUT2D eigenvalue weighted by Gasteiger charge is -2.42. The number of piperidine rings is 1. The Bertz CT molecular complexity index is 1360. The maximum Gasteiger partial charge on any atom is 0.276 e. The highest BCUT2D eigenvalue weighted by atomic mass is 16.5. The van der Waals surface area contributed by atoms with Gasteiger partial charge in [0.2, 0.25) is 0 Å². The first kappa shape index (κ1) is 26.3. The molecule has 10 heteroatoms. The van der Waals surface area contributed by atoms with Crippen LogP contribution < -0.4 is 15.0 Å². The SMILES string of the molecule is Cc1nccc(N2CCCC3(CCN(C(=O)c4cc(C5CC5)on4)CC3)COc3ccccc3C(=O)NCC2)n1. The second-order valence-corrected chi connectivity index (χ2v) is 11.3. The molecule has 1 saturated heterocycles. The van der Waals surface area contributed by atoms with Crippen molar-refractivity contribution in [1.29, 1.82) is 0 Å². The van der Waals surface area contributed by atoms with E-state index in [0.717, 1.165) is 62.5 Å². The molecule has 0 atom stereocenters. The summed E-state index contributed by atoms with van der Waals surface area (Å²) < 4.78 is 11.8. The molecule has 0 bridgehead atoms. The summed E-state index contributed by atoms with van der Waals surface area (Å²) in [5.41, 5.74) is 0.816. The van der Waals surface area contributed by atoms with Crippen LogP contribution in [0.25, 0.3) is 0 Å². The van der Waals surface area contributed by atoms with Gasteiger partial charge in [-0.1, -0.05) is 17.3 Å². The van der Waals surface area contributed by atoms with Gasteiger partial charge >= 0.3 is 0 Å². The minimum absolute atomic E-state index is 0.0663. The molecule has 0 radical (unpaired) electrons. The minimum atomic E-state index is -0.152. The Hall–Kier alpha value is -3.95. The number of carbonyl (C=O) groups is 2. The first-order valence-corrected chi connectivity index (χ1v) is 14.3. The van der Waals surface area contributed by atoms with E-state index in [-0.39, 0.29) is 17.2 Å². The average molecular weight is 545 g/mol. The first-order valence-electron chi connectivity index (χ1n) is 14.3. The van der Waals surface area contributed by atoms with E-state index in [1.54, 1.807) is 12.3 Å². The minimum Gasteiger partial charge on any atom is -0.492 e. The quantitative estimate of drug-likeness (QED) is 0.527. The highest BCUT2D eigenvalue weighted by molar-refractivity contribution is 5.97.